The Kier molecular flexibility index (Phi) is 3.97. The first-order valence-corrected chi connectivity index (χ1v) is 7.66. The molecule has 1 aromatic heterocycles. The fourth-order valence-corrected chi connectivity index (χ4v) is 3.28. The van der Waals surface area contributed by atoms with Crippen LogP contribution in [0.3, 0.4) is 0 Å². The van der Waals surface area contributed by atoms with Crippen molar-refractivity contribution in [2.75, 3.05) is 20.1 Å². The number of aromatic nitrogens is 1. The third kappa shape index (κ3) is 3.10. The van der Waals surface area contributed by atoms with E-state index in [0.29, 0.717) is 18.4 Å². The molecule has 112 valence electrons. The maximum absolute atomic E-state index is 12.3. The van der Waals surface area contributed by atoms with Gasteiger partial charge in [0.2, 0.25) is 5.91 Å². The molecule has 21 heavy (non-hydrogen) atoms. The van der Waals surface area contributed by atoms with Crippen LogP contribution in [0.2, 0.25) is 0 Å². The van der Waals surface area contributed by atoms with E-state index in [1.54, 1.807) is 0 Å². The minimum absolute atomic E-state index is 0.126. The topological polar surface area (TPSA) is 48.1 Å². The Morgan fingerprint density at radius 2 is 2.24 bits per heavy atom. The predicted molar refractivity (Wildman–Crippen MR) is 85.2 cm³/mol. The van der Waals surface area contributed by atoms with E-state index in [1.165, 1.54) is 0 Å². The molecular formula is C17H23N3O. The molecule has 1 aliphatic heterocycles. The van der Waals surface area contributed by atoms with Crippen molar-refractivity contribution in [3.8, 4) is 0 Å². The Balaban J connectivity index is 1.64. The number of nitrogens with one attached hydrogen (secondary N) is 2. The second-order valence-corrected chi connectivity index (χ2v) is 6.24. The number of hydrogen-bond donors (Lipinski definition) is 2. The van der Waals surface area contributed by atoms with Crippen LogP contribution in [0.1, 0.15) is 18.9 Å². The molecule has 1 saturated heterocycles. The van der Waals surface area contributed by atoms with Crippen molar-refractivity contribution in [1.29, 1.82) is 0 Å². The van der Waals surface area contributed by atoms with Crippen LogP contribution in [0.25, 0.3) is 10.9 Å². The molecular weight excluding hydrogens is 262 g/mol. The number of likely N-dealkylation sites (tertiary alicyclic amines) is 1. The Labute approximate surface area is 125 Å². The second-order valence-electron chi connectivity index (χ2n) is 6.24. The van der Waals surface area contributed by atoms with E-state index in [-0.39, 0.29) is 5.91 Å². The SMILES string of the molecule is CC1CN(C)CCC1NC(=O)Cc1c[nH]c2ccccc12. The van der Waals surface area contributed by atoms with Gasteiger partial charge in [0.05, 0.1) is 6.42 Å². The number of benzene rings is 1. The van der Waals surface area contributed by atoms with Crippen LogP contribution in [0.5, 0.6) is 0 Å². The molecule has 2 unspecified atom stereocenters. The Morgan fingerprint density at radius 1 is 1.43 bits per heavy atom. The summed E-state index contributed by atoms with van der Waals surface area (Å²) in [7, 11) is 2.14. The quantitative estimate of drug-likeness (QED) is 0.908. The van der Waals surface area contributed by atoms with E-state index in [4.69, 9.17) is 0 Å². The summed E-state index contributed by atoms with van der Waals surface area (Å²) in [6.07, 6.45) is 3.43. The van der Waals surface area contributed by atoms with Gasteiger partial charge in [-0.3, -0.25) is 4.79 Å². The minimum Gasteiger partial charge on any atom is -0.361 e. The van der Waals surface area contributed by atoms with E-state index in [0.717, 1.165) is 36.0 Å². The van der Waals surface area contributed by atoms with Gasteiger partial charge in [-0.05, 0) is 37.6 Å². The maximum atomic E-state index is 12.3. The summed E-state index contributed by atoms with van der Waals surface area (Å²) >= 11 is 0. The van der Waals surface area contributed by atoms with Gasteiger partial charge in [0.15, 0.2) is 0 Å². The standard InChI is InChI=1S/C17H23N3O/c1-12-11-20(2)8-7-15(12)19-17(21)9-13-10-18-16-6-4-3-5-14(13)16/h3-6,10,12,15,18H,7-9,11H2,1-2H3,(H,19,21). The van der Waals surface area contributed by atoms with Crippen molar-refractivity contribution >= 4 is 16.8 Å². The van der Waals surface area contributed by atoms with Crippen molar-refractivity contribution in [2.24, 2.45) is 5.92 Å². The molecule has 2 atom stereocenters. The highest BCUT2D eigenvalue weighted by Gasteiger charge is 2.25. The number of hydrogen-bond acceptors (Lipinski definition) is 2. The van der Waals surface area contributed by atoms with Crippen LogP contribution >= 0.6 is 0 Å². The van der Waals surface area contributed by atoms with Crippen LogP contribution in [-0.4, -0.2) is 42.0 Å². The molecule has 0 radical (unpaired) electrons. The fraction of sp³-hybridized carbons (Fsp3) is 0.471. The molecule has 1 aliphatic rings. The number of H-pyrrole nitrogens is 1. The summed E-state index contributed by atoms with van der Waals surface area (Å²) in [5.41, 5.74) is 2.16. The van der Waals surface area contributed by atoms with E-state index < -0.39 is 0 Å². The lowest BCUT2D eigenvalue weighted by atomic mass is 9.94. The molecule has 4 heteroatoms. The zero-order valence-electron chi connectivity index (χ0n) is 12.7. The molecule has 0 bridgehead atoms. The third-order valence-electron chi connectivity index (χ3n) is 4.48. The van der Waals surface area contributed by atoms with Crippen LogP contribution < -0.4 is 5.32 Å². The molecule has 0 aliphatic carbocycles. The fourth-order valence-electron chi connectivity index (χ4n) is 3.28. The average molecular weight is 285 g/mol. The van der Waals surface area contributed by atoms with Crippen LogP contribution in [0, 0.1) is 5.92 Å². The first kappa shape index (κ1) is 14.1. The number of piperidine rings is 1. The van der Waals surface area contributed by atoms with Gasteiger partial charge in [0.25, 0.3) is 0 Å². The number of carbonyl (C=O) groups excluding carboxylic acids is 1. The lowest BCUT2D eigenvalue weighted by molar-refractivity contribution is -0.121. The average Bonchev–Trinajstić information content (AvgIpc) is 2.85. The second kappa shape index (κ2) is 5.90. The summed E-state index contributed by atoms with van der Waals surface area (Å²) in [6, 6.07) is 8.42. The summed E-state index contributed by atoms with van der Waals surface area (Å²) in [5.74, 6) is 0.636. The number of rotatable bonds is 3. The molecule has 4 nitrogen and oxygen atoms in total. The highest BCUT2D eigenvalue weighted by molar-refractivity contribution is 5.88. The van der Waals surface area contributed by atoms with Crippen molar-refractivity contribution in [3.63, 3.8) is 0 Å². The number of fused-ring (bicyclic) bond motifs is 1. The van der Waals surface area contributed by atoms with Crippen LogP contribution in [0.15, 0.2) is 30.5 Å². The van der Waals surface area contributed by atoms with E-state index >= 15 is 0 Å². The highest BCUT2D eigenvalue weighted by atomic mass is 16.1. The Hall–Kier alpha value is -1.81. The van der Waals surface area contributed by atoms with Gasteiger partial charge >= 0.3 is 0 Å². The molecule has 3 rings (SSSR count). The number of para-hydroxylation sites is 1. The number of amides is 1. The van der Waals surface area contributed by atoms with Crippen LogP contribution in [-0.2, 0) is 11.2 Å². The molecule has 1 amide bonds. The van der Waals surface area contributed by atoms with Crippen molar-refractivity contribution < 1.29 is 4.79 Å². The highest BCUT2D eigenvalue weighted by Crippen LogP contribution is 2.19. The van der Waals surface area contributed by atoms with Gasteiger partial charge < -0.3 is 15.2 Å². The first-order valence-electron chi connectivity index (χ1n) is 7.66. The molecule has 2 aromatic rings. The lowest BCUT2D eigenvalue weighted by Gasteiger charge is -2.35. The molecule has 0 spiro atoms. The van der Waals surface area contributed by atoms with E-state index in [1.807, 2.05) is 24.4 Å². The van der Waals surface area contributed by atoms with E-state index in [2.05, 4.69) is 35.2 Å². The minimum atomic E-state index is 0.126. The summed E-state index contributed by atoms with van der Waals surface area (Å²) < 4.78 is 0. The van der Waals surface area contributed by atoms with Gasteiger partial charge in [-0.2, -0.15) is 0 Å². The van der Waals surface area contributed by atoms with Gasteiger partial charge in [0.1, 0.15) is 0 Å². The van der Waals surface area contributed by atoms with Gasteiger partial charge in [-0.1, -0.05) is 25.1 Å². The third-order valence-corrected chi connectivity index (χ3v) is 4.48. The van der Waals surface area contributed by atoms with Gasteiger partial charge in [-0.15, -0.1) is 0 Å². The molecule has 1 aromatic carbocycles. The monoisotopic (exact) mass is 285 g/mol. The zero-order valence-corrected chi connectivity index (χ0v) is 12.7. The Morgan fingerprint density at radius 3 is 3.05 bits per heavy atom. The Bertz CT molecular complexity index is 634. The lowest BCUT2D eigenvalue weighted by Crippen LogP contribution is -2.49. The van der Waals surface area contributed by atoms with Crippen molar-refractivity contribution in [2.45, 2.75) is 25.8 Å². The number of nitrogens with zero attached hydrogens (tertiary/aromatic N) is 1. The zero-order chi connectivity index (χ0) is 14.8. The predicted octanol–water partition coefficient (Wildman–Crippen LogP) is 2.17. The molecule has 2 heterocycles. The number of carbonyl (C=O) groups is 1. The molecule has 1 fully saturated rings. The summed E-state index contributed by atoms with van der Waals surface area (Å²) in [5, 5.41) is 4.36. The van der Waals surface area contributed by atoms with E-state index in [9.17, 15) is 4.79 Å². The maximum Gasteiger partial charge on any atom is 0.224 e. The molecule has 0 saturated carbocycles. The smallest absolute Gasteiger partial charge is 0.224 e. The summed E-state index contributed by atoms with van der Waals surface area (Å²) in [4.78, 5) is 17.9. The number of aromatic amines is 1. The van der Waals surface area contributed by atoms with Crippen molar-refractivity contribution in [1.82, 2.24) is 15.2 Å². The van der Waals surface area contributed by atoms with Crippen LogP contribution in [0.4, 0.5) is 0 Å². The van der Waals surface area contributed by atoms with Gasteiger partial charge in [-0.25, -0.2) is 0 Å². The van der Waals surface area contributed by atoms with Gasteiger partial charge in [0, 0.05) is 29.7 Å². The normalized spacial score (nSPS) is 23.3. The van der Waals surface area contributed by atoms with Crippen molar-refractivity contribution in [3.05, 3.63) is 36.0 Å². The molecule has 2 N–H and O–H groups in total. The largest absolute Gasteiger partial charge is 0.361 e. The summed E-state index contributed by atoms with van der Waals surface area (Å²) in [6.45, 7) is 4.33. The first-order chi connectivity index (χ1) is 10.1.